The van der Waals surface area contributed by atoms with Gasteiger partial charge < -0.3 is 15.1 Å². The van der Waals surface area contributed by atoms with Crippen molar-refractivity contribution in [3.8, 4) is 0 Å². The summed E-state index contributed by atoms with van der Waals surface area (Å²) in [6, 6.07) is 11.4. The molecule has 0 saturated carbocycles. The smallest absolute Gasteiger partial charge is 0.253 e. The summed E-state index contributed by atoms with van der Waals surface area (Å²) >= 11 is 7.72. The van der Waals surface area contributed by atoms with E-state index in [4.69, 9.17) is 16.6 Å². The second-order valence-corrected chi connectivity index (χ2v) is 9.11. The molecule has 1 N–H and O–H groups in total. The Labute approximate surface area is 183 Å². The van der Waals surface area contributed by atoms with Crippen molar-refractivity contribution in [2.24, 2.45) is 0 Å². The highest BCUT2D eigenvalue weighted by atomic mass is 35.5. The standard InChI is InChI=1S/C22H21ClN4O2S/c23-16-5-7-18-19(13-16)30-22(25-18)27-10-8-26(9-11-27)21(29)15-4-6-17-14(12-15)2-1-3-20(28)24-17/h4-7,12-13H,1-3,8-11H2,(H,24,28). The number of hydrogen-bond donors (Lipinski definition) is 1. The van der Waals surface area contributed by atoms with E-state index in [0.717, 1.165) is 52.5 Å². The summed E-state index contributed by atoms with van der Waals surface area (Å²) in [4.78, 5) is 33.6. The molecule has 0 atom stereocenters. The zero-order valence-corrected chi connectivity index (χ0v) is 17.9. The van der Waals surface area contributed by atoms with Crippen LogP contribution in [0.2, 0.25) is 5.02 Å². The van der Waals surface area contributed by atoms with E-state index < -0.39 is 0 Å². The second-order valence-electron chi connectivity index (χ2n) is 7.66. The fourth-order valence-corrected chi connectivity index (χ4v) is 5.31. The van der Waals surface area contributed by atoms with E-state index in [1.807, 2.05) is 41.3 Å². The number of carbonyl (C=O) groups excluding carboxylic acids is 2. The third-order valence-electron chi connectivity index (χ3n) is 5.65. The van der Waals surface area contributed by atoms with E-state index in [1.54, 1.807) is 11.3 Å². The van der Waals surface area contributed by atoms with E-state index in [1.165, 1.54) is 0 Å². The minimum absolute atomic E-state index is 0.0427. The lowest BCUT2D eigenvalue weighted by molar-refractivity contribution is -0.116. The van der Waals surface area contributed by atoms with Gasteiger partial charge in [0.25, 0.3) is 5.91 Å². The van der Waals surface area contributed by atoms with Gasteiger partial charge in [-0.3, -0.25) is 9.59 Å². The van der Waals surface area contributed by atoms with Gasteiger partial charge in [0.2, 0.25) is 5.91 Å². The number of aryl methyl sites for hydroxylation is 1. The van der Waals surface area contributed by atoms with E-state index in [-0.39, 0.29) is 11.8 Å². The highest BCUT2D eigenvalue weighted by molar-refractivity contribution is 7.22. The number of thiazole rings is 1. The Bertz CT molecular complexity index is 1140. The summed E-state index contributed by atoms with van der Waals surface area (Å²) in [7, 11) is 0. The van der Waals surface area contributed by atoms with Crippen molar-refractivity contribution in [2.75, 3.05) is 36.4 Å². The minimum atomic E-state index is 0.0427. The Morgan fingerprint density at radius 3 is 2.73 bits per heavy atom. The first-order valence-corrected chi connectivity index (χ1v) is 11.3. The first kappa shape index (κ1) is 19.3. The number of aromatic nitrogens is 1. The quantitative estimate of drug-likeness (QED) is 0.649. The van der Waals surface area contributed by atoms with Crippen LogP contribution in [0.4, 0.5) is 10.8 Å². The normalized spacial score (nSPS) is 16.9. The van der Waals surface area contributed by atoms with Crippen LogP contribution in [0.25, 0.3) is 10.2 Å². The predicted molar refractivity (Wildman–Crippen MR) is 121 cm³/mol. The number of nitrogens with one attached hydrogen (secondary N) is 1. The maximum atomic E-state index is 13.0. The summed E-state index contributed by atoms with van der Waals surface area (Å²) in [5.41, 5.74) is 3.51. The van der Waals surface area contributed by atoms with Gasteiger partial charge in [-0.1, -0.05) is 22.9 Å². The van der Waals surface area contributed by atoms with Gasteiger partial charge in [-0.2, -0.15) is 0 Å². The van der Waals surface area contributed by atoms with Gasteiger partial charge in [0.15, 0.2) is 5.13 Å². The molecule has 3 heterocycles. The lowest BCUT2D eigenvalue weighted by Crippen LogP contribution is -2.48. The molecule has 2 amide bonds. The number of anilines is 2. The topological polar surface area (TPSA) is 65.5 Å². The third kappa shape index (κ3) is 3.75. The van der Waals surface area contributed by atoms with Crippen molar-refractivity contribution >= 4 is 55.8 Å². The molecule has 0 spiro atoms. The molecule has 1 saturated heterocycles. The van der Waals surface area contributed by atoms with Gasteiger partial charge in [-0.05, 0) is 54.8 Å². The molecule has 0 unspecified atom stereocenters. The zero-order valence-electron chi connectivity index (χ0n) is 16.4. The van der Waals surface area contributed by atoms with Crippen LogP contribution in [0.1, 0.15) is 28.8 Å². The van der Waals surface area contributed by atoms with Crippen molar-refractivity contribution < 1.29 is 9.59 Å². The van der Waals surface area contributed by atoms with Crippen LogP contribution in [-0.2, 0) is 11.2 Å². The Morgan fingerprint density at radius 1 is 1.07 bits per heavy atom. The summed E-state index contributed by atoms with van der Waals surface area (Å²) in [5.74, 6) is 0.0881. The van der Waals surface area contributed by atoms with Crippen LogP contribution in [0.3, 0.4) is 0 Å². The number of piperazine rings is 1. The van der Waals surface area contributed by atoms with Crippen molar-refractivity contribution in [1.29, 1.82) is 0 Å². The van der Waals surface area contributed by atoms with Gasteiger partial charge in [0.1, 0.15) is 0 Å². The molecule has 2 aromatic carbocycles. The van der Waals surface area contributed by atoms with Crippen LogP contribution >= 0.6 is 22.9 Å². The Kier molecular flexibility index (Phi) is 5.08. The SMILES string of the molecule is O=C1CCCc2cc(C(=O)N3CCN(c4nc5ccc(Cl)cc5s4)CC3)ccc2N1. The number of amides is 2. The molecule has 30 heavy (non-hydrogen) atoms. The number of benzene rings is 2. The molecule has 0 bridgehead atoms. The summed E-state index contributed by atoms with van der Waals surface area (Å²) in [6.07, 6.45) is 2.14. The van der Waals surface area contributed by atoms with Crippen molar-refractivity contribution in [3.05, 3.63) is 52.5 Å². The lowest BCUT2D eigenvalue weighted by Gasteiger charge is -2.34. The van der Waals surface area contributed by atoms with Gasteiger partial charge in [-0.15, -0.1) is 0 Å². The number of fused-ring (bicyclic) bond motifs is 2. The molecule has 0 radical (unpaired) electrons. The molecule has 6 nitrogen and oxygen atoms in total. The third-order valence-corrected chi connectivity index (χ3v) is 6.97. The molecular weight excluding hydrogens is 420 g/mol. The van der Waals surface area contributed by atoms with Crippen LogP contribution in [0, 0.1) is 0 Å². The summed E-state index contributed by atoms with van der Waals surface area (Å²) in [6.45, 7) is 2.81. The zero-order chi connectivity index (χ0) is 20.7. The highest BCUT2D eigenvalue weighted by Gasteiger charge is 2.25. The highest BCUT2D eigenvalue weighted by Crippen LogP contribution is 2.31. The number of nitrogens with zero attached hydrogens (tertiary/aromatic N) is 3. The molecule has 154 valence electrons. The monoisotopic (exact) mass is 440 g/mol. The van der Waals surface area contributed by atoms with Gasteiger partial charge in [0, 0.05) is 48.9 Å². The number of carbonyl (C=O) groups is 2. The van der Waals surface area contributed by atoms with Crippen molar-refractivity contribution in [3.63, 3.8) is 0 Å². The van der Waals surface area contributed by atoms with Crippen LogP contribution in [-0.4, -0.2) is 47.9 Å². The molecular formula is C22H21ClN4O2S. The minimum Gasteiger partial charge on any atom is -0.345 e. The van der Waals surface area contributed by atoms with E-state index in [9.17, 15) is 9.59 Å². The maximum absolute atomic E-state index is 13.0. The fourth-order valence-electron chi connectivity index (χ4n) is 4.01. The lowest BCUT2D eigenvalue weighted by atomic mass is 10.0. The van der Waals surface area contributed by atoms with Crippen LogP contribution < -0.4 is 10.2 Å². The molecule has 1 fully saturated rings. The number of hydrogen-bond acceptors (Lipinski definition) is 5. The van der Waals surface area contributed by atoms with Crippen molar-refractivity contribution in [1.82, 2.24) is 9.88 Å². The number of rotatable bonds is 2. The van der Waals surface area contributed by atoms with Crippen molar-refractivity contribution in [2.45, 2.75) is 19.3 Å². The van der Waals surface area contributed by atoms with E-state index >= 15 is 0 Å². The first-order chi connectivity index (χ1) is 14.6. The summed E-state index contributed by atoms with van der Waals surface area (Å²) in [5, 5.41) is 4.61. The second kappa shape index (κ2) is 7.89. The molecule has 3 aromatic rings. The Balaban J connectivity index is 1.27. The molecule has 1 aromatic heterocycles. The average molecular weight is 441 g/mol. The first-order valence-electron chi connectivity index (χ1n) is 10.1. The maximum Gasteiger partial charge on any atom is 0.253 e. The van der Waals surface area contributed by atoms with Crippen LogP contribution in [0.5, 0.6) is 0 Å². The summed E-state index contributed by atoms with van der Waals surface area (Å²) < 4.78 is 1.08. The Morgan fingerprint density at radius 2 is 1.90 bits per heavy atom. The fraction of sp³-hybridized carbons (Fsp3) is 0.318. The van der Waals surface area contributed by atoms with Gasteiger partial charge in [-0.25, -0.2) is 4.98 Å². The predicted octanol–water partition coefficient (Wildman–Crippen LogP) is 4.19. The van der Waals surface area contributed by atoms with E-state index in [0.29, 0.717) is 30.1 Å². The number of halogens is 1. The van der Waals surface area contributed by atoms with Gasteiger partial charge >= 0.3 is 0 Å². The van der Waals surface area contributed by atoms with Crippen LogP contribution in [0.15, 0.2) is 36.4 Å². The molecule has 0 aliphatic carbocycles. The largest absolute Gasteiger partial charge is 0.345 e. The molecule has 2 aliphatic heterocycles. The molecule has 5 rings (SSSR count). The average Bonchev–Trinajstić information content (AvgIpc) is 3.08. The van der Waals surface area contributed by atoms with Gasteiger partial charge in [0.05, 0.1) is 10.2 Å². The Hall–Kier alpha value is -2.64. The molecule has 2 aliphatic rings. The molecule has 8 heteroatoms. The van der Waals surface area contributed by atoms with E-state index in [2.05, 4.69) is 10.2 Å².